The van der Waals surface area contributed by atoms with Crippen LogP contribution in [0.3, 0.4) is 0 Å². The third-order valence-electron chi connectivity index (χ3n) is 8.11. The first-order valence-electron chi connectivity index (χ1n) is 13.4. The molecule has 7 aromatic rings. The number of pyridine rings is 1. The van der Waals surface area contributed by atoms with Crippen LogP contribution >= 0.6 is 0 Å². The predicted octanol–water partition coefficient (Wildman–Crippen LogP) is 7.20. The Bertz CT molecular complexity index is 2160. The zero-order chi connectivity index (χ0) is 25.9. The summed E-state index contributed by atoms with van der Waals surface area (Å²) in [4.78, 5) is 19.7. The van der Waals surface area contributed by atoms with Crippen molar-refractivity contribution >= 4 is 33.0 Å². The van der Waals surface area contributed by atoms with Gasteiger partial charge in [-0.25, -0.2) is 4.98 Å². The zero-order valence-electron chi connectivity index (χ0n) is 21.3. The van der Waals surface area contributed by atoms with Crippen LogP contribution in [-0.4, -0.2) is 9.38 Å². The predicted molar refractivity (Wildman–Crippen MR) is 160 cm³/mol. The van der Waals surface area contributed by atoms with Gasteiger partial charge in [-0.2, -0.15) is 0 Å². The lowest BCUT2D eigenvalue weighted by Gasteiger charge is -2.18. The van der Waals surface area contributed by atoms with E-state index in [0.29, 0.717) is 6.42 Å². The Labute approximate surface area is 225 Å². The summed E-state index contributed by atoms with van der Waals surface area (Å²) in [5.74, 6) is 0. The molecule has 0 atom stereocenters. The minimum atomic E-state index is 0.0435. The van der Waals surface area contributed by atoms with Gasteiger partial charge in [0.1, 0.15) is 5.65 Å². The number of imidazole rings is 1. The van der Waals surface area contributed by atoms with Crippen LogP contribution in [0.5, 0.6) is 0 Å². The monoisotopic (exact) mass is 500 g/mol. The van der Waals surface area contributed by atoms with Gasteiger partial charge < -0.3 is 0 Å². The maximum Gasteiger partial charge on any atom is 0.260 e. The summed E-state index contributed by atoms with van der Waals surface area (Å²) in [6.45, 7) is 0. The molecular weight excluding hydrogens is 476 g/mol. The van der Waals surface area contributed by atoms with Crippen molar-refractivity contribution in [3.63, 3.8) is 0 Å². The second-order valence-corrected chi connectivity index (χ2v) is 10.2. The normalized spacial score (nSPS) is 13.0. The Morgan fingerprint density at radius 2 is 1.21 bits per heavy atom. The van der Waals surface area contributed by atoms with Crippen LogP contribution in [0.25, 0.3) is 55.3 Å². The van der Waals surface area contributed by atoms with E-state index in [-0.39, 0.29) is 5.56 Å². The number of nitrogens with zero attached hydrogens (tertiary/aromatic N) is 2. The van der Waals surface area contributed by atoms with Gasteiger partial charge in [-0.3, -0.25) is 9.20 Å². The van der Waals surface area contributed by atoms with E-state index in [0.717, 1.165) is 66.9 Å². The molecule has 8 rings (SSSR count). The van der Waals surface area contributed by atoms with Crippen LogP contribution in [0.1, 0.15) is 17.5 Å². The molecule has 5 aromatic carbocycles. The molecule has 3 heteroatoms. The Kier molecular flexibility index (Phi) is 4.80. The van der Waals surface area contributed by atoms with Gasteiger partial charge in [-0.05, 0) is 40.3 Å². The molecule has 2 heterocycles. The van der Waals surface area contributed by atoms with E-state index in [1.54, 1.807) is 0 Å². The van der Waals surface area contributed by atoms with Crippen LogP contribution in [0.4, 0.5) is 0 Å². The van der Waals surface area contributed by atoms with E-state index in [4.69, 9.17) is 4.98 Å². The van der Waals surface area contributed by atoms with Crippen molar-refractivity contribution < 1.29 is 0 Å². The van der Waals surface area contributed by atoms with E-state index < -0.39 is 0 Å². The van der Waals surface area contributed by atoms with E-state index in [1.807, 2.05) is 46.9 Å². The summed E-state index contributed by atoms with van der Waals surface area (Å²) in [6, 6.07) is 41.9. The maximum atomic E-state index is 14.4. The summed E-state index contributed by atoms with van der Waals surface area (Å²) >= 11 is 0. The zero-order valence-corrected chi connectivity index (χ0v) is 21.3. The first-order chi connectivity index (χ1) is 19.3. The maximum absolute atomic E-state index is 14.4. The van der Waals surface area contributed by atoms with Crippen molar-refractivity contribution in [3.05, 3.63) is 148 Å². The van der Waals surface area contributed by atoms with Crippen molar-refractivity contribution in [1.29, 1.82) is 0 Å². The first-order valence-corrected chi connectivity index (χ1v) is 13.4. The number of benzene rings is 5. The third kappa shape index (κ3) is 3.23. The lowest BCUT2D eigenvalue weighted by Crippen LogP contribution is -2.26. The molecule has 2 aromatic heterocycles. The molecule has 0 N–H and O–H groups in total. The number of fused-ring (bicyclic) bond motifs is 4. The quantitative estimate of drug-likeness (QED) is 0.257. The fraction of sp³-hybridized carbons (Fsp3) is 0.0556. The highest BCUT2D eigenvalue weighted by molar-refractivity contribution is 6.08. The molecule has 0 radical (unpaired) electrons. The molecular formula is C36H24N2O. The average Bonchev–Trinajstić information content (AvgIpc) is 3.42. The summed E-state index contributed by atoms with van der Waals surface area (Å²) in [5, 5.41) is 3.24. The van der Waals surface area contributed by atoms with Crippen molar-refractivity contribution in [1.82, 2.24) is 9.38 Å². The largest absolute Gasteiger partial charge is 0.269 e. The molecule has 0 unspecified atom stereocenters. The fourth-order valence-corrected chi connectivity index (χ4v) is 6.37. The summed E-state index contributed by atoms with van der Waals surface area (Å²) in [7, 11) is 0. The van der Waals surface area contributed by atoms with E-state index in [9.17, 15) is 4.79 Å². The Hall–Kier alpha value is -5.02. The summed E-state index contributed by atoms with van der Waals surface area (Å²) in [6.07, 6.45) is 1.55. The molecule has 39 heavy (non-hydrogen) atoms. The lowest BCUT2D eigenvalue weighted by molar-refractivity contribution is 0.963. The number of aryl methyl sites for hydroxylation is 1. The Balaban J connectivity index is 1.57. The van der Waals surface area contributed by atoms with Crippen LogP contribution in [-0.2, 0) is 6.42 Å². The highest BCUT2D eigenvalue weighted by Gasteiger charge is 2.24. The number of hydrogen-bond acceptors (Lipinski definition) is 2. The minimum Gasteiger partial charge on any atom is -0.269 e. The van der Waals surface area contributed by atoms with E-state index >= 15 is 0 Å². The molecule has 0 bridgehead atoms. The number of rotatable bonds is 3. The van der Waals surface area contributed by atoms with Gasteiger partial charge in [0, 0.05) is 27.5 Å². The lowest BCUT2D eigenvalue weighted by atomic mass is 9.87. The molecule has 1 aliphatic rings. The highest BCUT2D eigenvalue weighted by Crippen LogP contribution is 2.37. The standard InChI is InChI=1S/C36H24N2O/c39-36-31-22-19-26(23-11-4-1-5-12-23)29-17-10-18-30(32(29)31)35-37-33-27(24-13-6-2-7-14-24)20-21-28(34(33)38(35)36)25-15-8-3-9-16-25/h1-18,20-21H,19,22H2. The second-order valence-electron chi connectivity index (χ2n) is 10.2. The first kappa shape index (κ1) is 22.0. The van der Waals surface area contributed by atoms with Crippen LogP contribution < -0.4 is 10.8 Å². The smallest absolute Gasteiger partial charge is 0.260 e. The van der Waals surface area contributed by atoms with Crippen LogP contribution in [0.15, 0.2) is 126 Å². The molecule has 1 aliphatic carbocycles. The van der Waals surface area contributed by atoms with Gasteiger partial charge in [0.2, 0.25) is 0 Å². The molecule has 0 saturated carbocycles. The molecule has 0 amide bonds. The summed E-state index contributed by atoms with van der Waals surface area (Å²) < 4.78 is 1.89. The Morgan fingerprint density at radius 3 is 1.90 bits per heavy atom. The van der Waals surface area contributed by atoms with Crippen molar-refractivity contribution in [2.24, 2.45) is 0 Å². The van der Waals surface area contributed by atoms with Crippen LogP contribution in [0.2, 0.25) is 0 Å². The SMILES string of the molecule is O=c1c2c3c(cccc3c3nc4c(-c5ccccc5)ccc(-c5ccccc5)c4n13)=C(c1ccccc1)CC2. The number of aromatic nitrogens is 2. The van der Waals surface area contributed by atoms with Gasteiger partial charge in [0.25, 0.3) is 5.56 Å². The number of hydrogen-bond donors (Lipinski definition) is 0. The molecule has 0 saturated heterocycles. The molecule has 0 fully saturated rings. The molecule has 0 aliphatic heterocycles. The van der Waals surface area contributed by atoms with Crippen LogP contribution in [0, 0.1) is 0 Å². The van der Waals surface area contributed by atoms with E-state index in [1.165, 1.54) is 11.1 Å². The Morgan fingerprint density at radius 1 is 0.590 bits per heavy atom. The van der Waals surface area contributed by atoms with E-state index in [2.05, 4.69) is 78.9 Å². The van der Waals surface area contributed by atoms with Gasteiger partial charge in [-0.15, -0.1) is 0 Å². The van der Waals surface area contributed by atoms with Gasteiger partial charge in [-0.1, -0.05) is 121 Å². The van der Waals surface area contributed by atoms with Crippen molar-refractivity contribution in [2.45, 2.75) is 12.8 Å². The van der Waals surface area contributed by atoms with Gasteiger partial charge in [0.05, 0.1) is 11.0 Å². The minimum absolute atomic E-state index is 0.0435. The fourth-order valence-electron chi connectivity index (χ4n) is 6.37. The van der Waals surface area contributed by atoms with Gasteiger partial charge in [0.15, 0.2) is 0 Å². The molecule has 0 spiro atoms. The van der Waals surface area contributed by atoms with Crippen molar-refractivity contribution in [2.75, 3.05) is 0 Å². The average molecular weight is 501 g/mol. The van der Waals surface area contributed by atoms with Gasteiger partial charge >= 0.3 is 0 Å². The second kappa shape index (κ2) is 8.50. The molecule has 3 nitrogen and oxygen atoms in total. The summed E-state index contributed by atoms with van der Waals surface area (Å²) in [5.41, 5.74) is 10.1. The third-order valence-corrected chi connectivity index (χ3v) is 8.11. The van der Waals surface area contributed by atoms with Crippen molar-refractivity contribution in [3.8, 4) is 22.3 Å². The molecule has 184 valence electrons. The highest BCUT2D eigenvalue weighted by atomic mass is 16.1. The topological polar surface area (TPSA) is 34.4 Å².